The zero-order chi connectivity index (χ0) is 24.7. The van der Waals surface area contributed by atoms with Crippen LogP contribution in [-0.2, 0) is 19.1 Å². The van der Waals surface area contributed by atoms with E-state index in [1.807, 2.05) is 13.8 Å². The van der Waals surface area contributed by atoms with E-state index in [9.17, 15) is 14.7 Å². The Morgan fingerprint density at radius 2 is 2.06 bits per heavy atom. The zero-order valence-electron chi connectivity index (χ0n) is 19.9. The molecule has 4 fully saturated rings. The highest BCUT2D eigenvalue weighted by molar-refractivity contribution is 6.01. The van der Waals surface area contributed by atoms with Crippen molar-refractivity contribution in [2.45, 2.75) is 88.8 Å². The van der Waals surface area contributed by atoms with E-state index in [1.54, 1.807) is 6.92 Å². The van der Waals surface area contributed by atoms with E-state index in [-0.39, 0.29) is 36.5 Å². The number of ether oxygens (including phenoxy) is 2. The van der Waals surface area contributed by atoms with Crippen molar-refractivity contribution in [2.75, 3.05) is 6.54 Å². The molecule has 4 N–H and O–H groups in total. The van der Waals surface area contributed by atoms with Gasteiger partial charge in [-0.05, 0) is 56.3 Å². The fourth-order valence-electron chi connectivity index (χ4n) is 8.11. The van der Waals surface area contributed by atoms with Crippen LogP contribution in [0.5, 0.6) is 0 Å². The topological polar surface area (TPSA) is 111 Å². The molecule has 5 rings (SSSR count). The molecule has 0 aromatic rings. The molecule has 0 radical (unpaired) electrons. The molecule has 4 aliphatic carbocycles. The van der Waals surface area contributed by atoms with Gasteiger partial charge in [-0.2, -0.15) is 0 Å². The van der Waals surface area contributed by atoms with Gasteiger partial charge >= 0.3 is 0 Å². The fourth-order valence-corrected chi connectivity index (χ4v) is 8.11. The summed E-state index contributed by atoms with van der Waals surface area (Å²) in [6.07, 6.45) is 1.06. The van der Waals surface area contributed by atoms with Crippen LogP contribution in [0.1, 0.15) is 52.9 Å². The SMILES string of the molecule is CCCC1O[C@@H]2C[C@H]3[C@@H]4C[C@H](F)C5=CC(=O)C=C[C@]5(C)[C@@]4(F)[C@@H](O)C[C@]3(C)[C@]2(C(=O)CNN)O1. The Balaban J connectivity index is 1.61. The Morgan fingerprint density at radius 3 is 2.74 bits per heavy atom. The van der Waals surface area contributed by atoms with E-state index in [4.69, 9.17) is 15.3 Å². The number of alkyl halides is 2. The minimum Gasteiger partial charge on any atom is -0.390 e. The Kier molecular flexibility index (Phi) is 5.50. The highest BCUT2D eigenvalue weighted by atomic mass is 19.1. The monoisotopic (exact) mass is 480 g/mol. The molecule has 188 valence electrons. The quantitative estimate of drug-likeness (QED) is 0.409. The van der Waals surface area contributed by atoms with Crippen LogP contribution in [-0.4, -0.2) is 59.2 Å². The van der Waals surface area contributed by atoms with Crippen molar-refractivity contribution in [1.82, 2.24) is 5.43 Å². The van der Waals surface area contributed by atoms with E-state index < -0.39 is 58.6 Å². The highest BCUT2D eigenvalue weighted by Crippen LogP contribution is 2.72. The van der Waals surface area contributed by atoms with Crippen molar-refractivity contribution >= 4 is 11.6 Å². The smallest absolute Gasteiger partial charge is 0.183 e. The summed E-state index contributed by atoms with van der Waals surface area (Å²) in [5.41, 5.74) is -3.58. The number of rotatable bonds is 5. The first kappa shape index (κ1) is 24.2. The summed E-state index contributed by atoms with van der Waals surface area (Å²) in [6.45, 7) is 5.23. The summed E-state index contributed by atoms with van der Waals surface area (Å²) < 4.78 is 45.4. The number of nitrogens with two attached hydrogens (primary N) is 1. The van der Waals surface area contributed by atoms with Gasteiger partial charge in [-0.25, -0.2) is 8.78 Å². The number of fused-ring (bicyclic) bond motifs is 7. The van der Waals surface area contributed by atoms with E-state index in [2.05, 4.69) is 5.43 Å². The van der Waals surface area contributed by atoms with Crippen LogP contribution in [0.4, 0.5) is 8.78 Å². The number of aliphatic hydroxyl groups excluding tert-OH is 1. The van der Waals surface area contributed by atoms with Crippen LogP contribution < -0.4 is 11.3 Å². The molecule has 1 heterocycles. The molecule has 0 aromatic carbocycles. The van der Waals surface area contributed by atoms with E-state index in [0.717, 1.165) is 6.42 Å². The summed E-state index contributed by atoms with van der Waals surface area (Å²) in [5, 5.41) is 11.5. The van der Waals surface area contributed by atoms with E-state index in [0.29, 0.717) is 12.8 Å². The summed E-state index contributed by atoms with van der Waals surface area (Å²) in [6, 6.07) is 0. The molecule has 7 nitrogen and oxygen atoms in total. The summed E-state index contributed by atoms with van der Waals surface area (Å²) in [7, 11) is 0. The number of hydrogen-bond acceptors (Lipinski definition) is 7. The van der Waals surface area contributed by atoms with Gasteiger partial charge in [-0.1, -0.05) is 26.3 Å². The summed E-state index contributed by atoms with van der Waals surface area (Å²) >= 11 is 0. The van der Waals surface area contributed by atoms with Crippen molar-refractivity contribution in [3.8, 4) is 0 Å². The van der Waals surface area contributed by atoms with Gasteiger partial charge in [0.1, 0.15) is 6.17 Å². The molecular weight excluding hydrogens is 446 g/mol. The Labute approximate surface area is 198 Å². The fraction of sp³-hybridized carbons (Fsp3) is 0.760. The largest absolute Gasteiger partial charge is 0.390 e. The number of carbonyl (C=O) groups is 2. The average Bonchev–Trinajstić information content (AvgIpc) is 3.25. The second-order valence-electron chi connectivity index (χ2n) is 11.1. The van der Waals surface area contributed by atoms with Crippen LogP contribution in [0.25, 0.3) is 0 Å². The zero-order valence-corrected chi connectivity index (χ0v) is 19.9. The molecule has 1 saturated heterocycles. The molecule has 3 saturated carbocycles. The molecule has 34 heavy (non-hydrogen) atoms. The predicted molar refractivity (Wildman–Crippen MR) is 119 cm³/mol. The highest BCUT2D eigenvalue weighted by Gasteiger charge is 2.79. The van der Waals surface area contributed by atoms with Gasteiger partial charge in [0.05, 0.1) is 18.8 Å². The Hall–Kier alpha value is -1.52. The van der Waals surface area contributed by atoms with Gasteiger partial charge in [0.2, 0.25) is 0 Å². The molecule has 0 amide bonds. The maximum Gasteiger partial charge on any atom is 0.183 e. The Morgan fingerprint density at radius 1 is 1.32 bits per heavy atom. The van der Waals surface area contributed by atoms with E-state index >= 15 is 8.78 Å². The standard InChI is InChI=1S/C25H34F2N2O5/c1-4-5-21-33-20-10-14-15-9-17(26)16-8-13(30)6-7-22(16,2)24(15,27)18(31)11-23(14,3)25(20,34-21)19(32)12-29-28/h6-8,14-15,17-18,20-21,29,31H,4-5,9-12,28H2,1-3H3/t14-,15-,17-,18-,20+,21?,22-,23-,24-,25+/m0/s1. The van der Waals surface area contributed by atoms with Crippen LogP contribution in [0.3, 0.4) is 0 Å². The Bertz CT molecular complexity index is 973. The molecule has 0 spiro atoms. The number of hydrazine groups is 1. The average molecular weight is 481 g/mol. The normalized spacial score (nSPS) is 51.4. The number of Topliss-reactive ketones (excluding diaryl/α,β-unsaturated/α-hetero) is 1. The van der Waals surface area contributed by atoms with Gasteiger partial charge < -0.3 is 14.6 Å². The van der Waals surface area contributed by atoms with Crippen molar-refractivity contribution in [1.29, 1.82) is 0 Å². The van der Waals surface area contributed by atoms with Gasteiger partial charge in [0.25, 0.3) is 0 Å². The summed E-state index contributed by atoms with van der Waals surface area (Å²) in [5.74, 6) is 3.43. The van der Waals surface area contributed by atoms with Gasteiger partial charge in [0, 0.05) is 16.7 Å². The number of allylic oxidation sites excluding steroid dienone is 4. The van der Waals surface area contributed by atoms with Crippen LogP contribution >= 0.6 is 0 Å². The molecule has 1 unspecified atom stereocenters. The number of halogens is 2. The van der Waals surface area contributed by atoms with E-state index in [1.165, 1.54) is 18.2 Å². The first-order valence-electron chi connectivity index (χ1n) is 12.3. The molecule has 0 bridgehead atoms. The lowest BCUT2D eigenvalue weighted by molar-refractivity contribution is -0.234. The number of nitrogens with one attached hydrogen (secondary N) is 1. The molecule has 0 aromatic heterocycles. The lowest BCUT2D eigenvalue weighted by Gasteiger charge is -2.63. The molecule has 5 aliphatic rings. The third-order valence-corrected chi connectivity index (χ3v) is 9.62. The third kappa shape index (κ3) is 2.73. The maximum atomic E-state index is 17.3. The molecule has 9 heteroatoms. The molecule has 1 aliphatic heterocycles. The number of hydrogen-bond donors (Lipinski definition) is 3. The van der Waals surface area contributed by atoms with Crippen LogP contribution in [0, 0.1) is 22.7 Å². The predicted octanol–water partition coefficient (Wildman–Crippen LogP) is 2.23. The number of carbonyl (C=O) groups excluding carboxylic acids is 2. The summed E-state index contributed by atoms with van der Waals surface area (Å²) in [4.78, 5) is 25.5. The molecule has 10 atom stereocenters. The van der Waals surface area contributed by atoms with Gasteiger partial charge in [0.15, 0.2) is 29.1 Å². The minimum absolute atomic E-state index is 0.0543. The second kappa shape index (κ2) is 7.74. The maximum absolute atomic E-state index is 17.3. The van der Waals surface area contributed by atoms with Crippen molar-refractivity contribution in [3.05, 3.63) is 23.8 Å². The molecular formula is C25H34F2N2O5. The van der Waals surface area contributed by atoms with Crippen molar-refractivity contribution < 1.29 is 33.0 Å². The minimum atomic E-state index is -2.21. The van der Waals surface area contributed by atoms with Gasteiger partial charge in [-0.15, -0.1) is 0 Å². The first-order chi connectivity index (χ1) is 16.0. The number of ketones is 2. The second-order valence-corrected chi connectivity index (χ2v) is 11.1. The van der Waals surface area contributed by atoms with Crippen LogP contribution in [0.2, 0.25) is 0 Å². The van der Waals surface area contributed by atoms with Crippen molar-refractivity contribution in [2.24, 2.45) is 28.5 Å². The lowest BCUT2D eigenvalue weighted by Crippen LogP contribution is -2.71. The van der Waals surface area contributed by atoms with Crippen LogP contribution in [0.15, 0.2) is 23.8 Å². The lowest BCUT2D eigenvalue weighted by atomic mass is 9.44. The first-order valence-corrected chi connectivity index (χ1v) is 12.3. The third-order valence-electron chi connectivity index (χ3n) is 9.62. The van der Waals surface area contributed by atoms with Crippen molar-refractivity contribution in [3.63, 3.8) is 0 Å². The van der Waals surface area contributed by atoms with Gasteiger partial charge in [-0.3, -0.25) is 20.9 Å². The number of aliphatic hydroxyl groups is 1.